The van der Waals surface area contributed by atoms with E-state index in [-0.39, 0.29) is 0 Å². The van der Waals surface area contributed by atoms with Crippen LogP contribution in [0.3, 0.4) is 0 Å². The molecule has 3 rings (SSSR count). The number of hydrogen-bond donors (Lipinski definition) is 2. The number of aliphatic hydroxyl groups is 1. The zero-order valence-electron chi connectivity index (χ0n) is 11.8. The highest BCUT2D eigenvalue weighted by Crippen LogP contribution is 2.34. The molecule has 0 amide bonds. The molecule has 2 atom stereocenters. The summed E-state index contributed by atoms with van der Waals surface area (Å²) in [6.07, 6.45) is 3.64. The predicted molar refractivity (Wildman–Crippen MR) is 77.1 cm³/mol. The van der Waals surface area contributed by atoms with Gasteiger partial charge in [-0.1, -0.05) is 18.6 Å². The number of aliphatic hydroxyl groups excluding tert-OH is 1. The first-order valence-electron chi connectivity index (χ1n) is 7.57. The molecule has 20 heavy (non-hydrogen) atoms. The molecule has 0 saturated heterocycles. The summed E-state index contributed by atoms with van der Waals surface area (Å²) >= 11 is 0. The maximum Gasteiger partial charge on any atom is 0.165 e. The Kier molecular flexibility index (Phi) is 4.43. The van der Waals surface area contributed by atoms with Crippen molar-refractivity contribution in [2.45, 2.75) is 25.8 Å². The summed E-state index contributed by atoms with van der Waals surface area (Å²) in [6, 6.07) is 6.05. The van der Waals surface area contributed by atoms with E-state index in [2.05, 4.69) is 11.4 Å². The lowest BCUT2D eigenvalue weighted by atomic mass is 9.97. The van der Waals surface area contributed by atoms with Crippen molar-refractivity contribution < 1.29 is 14.6 Å². The highest BCUT2D eigenvalue weighted by Gasteiger charge is 2.26. The van der Waals surface area contributed by atoms with E-state index in [1.165, 1.54) is 19.3 Å². The fraction of sp³-hybridized carbons (Fsp3) is 0.625. The maximum absolute atomic E-state index is 9.35. The SMILES string of the molecule is OCC1CCCC1CNCc1cccc2c1OCCO2. The van der Waals surface area contributed by atoms with Crippen molar-refractivity contribution in [1.82, 2.24) is 5.32 Å². The molecule has 0 spiro atoms. The Morgan fingerprint density at radius 3 is 2.90 bits per heavy atom. The van der Waals surface area contributed by atoms with Crippen LogP contribution in [0.4, 0.5) is 0 Å². The van der Waals surface area contributed by atoms with E-state index in [0.29, 0.717) is 31.7 Å². The topological polar surface area (TPSA) is 50.7 Å². The second-order valence-electron chi connectivity index (χ2n) is 5.71. The molecule has 4 heteroatoms. The molecule has 1 heterocycles. The molecule has 110 valence electrons. The molecule has 1 aliphatic carbocycles. The Morgan fingerprint density at radius 2 is 2.00 bits per heavy atom. The smallest absolute Gasteiger partial charge is 0.165 e. The Balaban J connectivity index is 1.56. The van der Waals surface area contributed by atoms with Gasteiger partial charge >= 0.3 is 0 Å². The number of hydrogen-bond acceptors (Lipinski definition) is 4. The standard InChI is InChI=1S/C16H23NO3/c18-11-14-5-1-3-12(14)9-17-10-13-4-2-6-15-16(13)20-8-7-19-15/h2,4,6,12,14,17-18H,1,3,5,7-11H2. The highest BCUT2D eigenvalue weighted by molar-refractivity contribution is 5.47. The van der Waals surface area contributed by atoms with Crippen LogP contribution in [0.2, 0.25) is 0 Å². The van der Waals surface area contributed by atoms with E-state index in [0.717, 1.165) is 30.2 Å². The van der Waals surface area contributed by atoms with Crippen molar-refractivity contribution in [3.8, 4) is 11.5 Å². The lowest BCUT2D eigenvalue weighted by Gasteiger charge is -2.22. The normalized spacial score (nSPS) is 24.9. The third kappa shape index (κ3) is 2.91. The Morgan fingerprint density at radius 1 is 1.15 bits per heavy atom. The second-order valence-corrected chi connectivity index (χ2v) is 5.71. The van der Waals surface area contributed by atoms with Crippen LogP contribution < -0.4 is 14.8 Å². The van der Waals surface area contributed by atoms with Gasteiger partial charge in [0, 0.05) is 18.7 Å². The third-order valence-electron chi connectivity index (χ3n) is 4.42. The summed E-state index contributed by atoms with van der Waals surface area (Å²) in [4.78, 5) is 0. The number of nitrogens with one attached hydrogen (secondary N) is 1. The average Bonchev–Trinajstić information content (AvgIpc) is 2.95. The lowest BCUT2D eigenvalue weighted by molar-refractivity contribution is 0.169. The molecule has 0 aromatic heterocycles. The van der Waals surface area contributed by atoms with Crippen LogP contribution in [0.5, 0.6) is 11.5 Å². The van der Waals surface area contributed by atoms with Gasteiger partial charge in [0.2, 0.25) is 0 Å². The molecule has 4 nitrogen and oxygen atoms in total. The van der Waals surface area contributed by atoms with Crippen molar-refractivity contribution in [3.63, 3.8) is 0 Å². The van der Waals surface area contributed by atoms with Gasteiger partial charge in [0.25, 0.3) is 0 Å². The molecule has 1 fully saturated rings. The molecule has 2 N–H and O–H groups in total. The van der Waals surface area contributed by atoms with Crippen LogP contribution >= 0.6 is 0 Å². The lowest BCUT2D eigenvalue weighted by Crippen LogP contribution is -2.27. The van der Waals surface area contributed by atoms with Gasteiger partial charge in [-0.05, 0) is 37.3 Å². The summed E-state index contributed by atoms with van der Waals surface area (Å²) in [5.41, 5.74) is 1.15. The Labute approximate surface area is 120 Å². The molecule has 1 aliphatic heterocycles. The first kappa shape index (κ1) is 13.7. The van der Waals surface area contributed by atoms with Crippen molar-refractivity contribution in [2.24, 2.45) is 11.8 Å². The van der Waals surface area contributed by atoms with E-state index in [9.17, 15) is 5.11 Å². The number of ether oxygens (including phenoxy) is 2. The minimum absolute atomic E-state index is 0.323. The monoisotopic (exact) mass is 277 g/mol. The van der Waals surface area contributed by atoms with Crippen LogP contribution in [0.1, 0.15) is 24.8 Å². The number of para-hydroxylation sites is 1. The van der Waals surface area contributed by atoms with Gasteiger partial charge in [-0.25, -0.2) is 0 Å². The van der Waals surface area contributed by atoms with Gasteiger partial charge in [-0.15, -0.1) is 0 Å². The average molecular weight is 277 g/mol. The minimum atomic E-state index is 0.323. The zero-order valence-corrected chi connectivity index (χ0v) is 11.8. The molecule has 0 radical (unpaired) electrons. The summed E-state index contributed by atoms with van der Waals surface area (Å²) in [5, 5.41) is 12.9. The summed E-state index contributed by atoms with van der Waals surface area (Å²) in [5.74, 6) is 2.82. The van der Waals surface area contributed by atoms with Crippen LogP contribution in [0.25, 0.3) is 0 Å². The van der Waals surface area contributed by atoms with Crippen LogP contribution in [0, 0.1) is 11.8 Å². The van der Waals surface area contributed by atoms with Gasteiger partial charge < -0.3 is 19.9 Å². The van der Waals surface area contributed by atoms with E-state index >= 15 is 0 Å². The zero-order chi connectivity index (χ0) is 13.8. The van der Waals surface area contributed by atoms with E-state index in [1.807, 2.05) is 12.1 Å². The minimum Gasteiger partial charge on any atom is -0.486 e. The van der Waals surface area contributed by atoms with E-state index in [1.54, 1.807) is 0 Å². The fourth-order valence-electron chi connectivity index (χ4n) is 3.29. The molecule has 2 unspecified atom stereocenters. The molecular weight excluding hydrogens is 254 g/mol. The van der Waals surface area contributed by atoms with Gasteiger partial charge in [-0.3, -0.25) is 0 Å². The van der Waals surface area contributed by atoms with Crippen molar-refractivity contribution in [2.75, 3.05) is 26.4 Å². The first-order valence-corrected chi connectivity index (χ1v) is 7.57. The Hall–Kier alpha value is -1.26. The first-order chi connectivity index (χ1) is 9.88. The van der Waals surface area contributed by atoms with Crippen molar-refractivity contribution >= 4 is 0 Å². The number of rotatable bonds is 5. The molecule has 1 aromatic carbocycles. The predicted octanol–water partition coefficient (Wildman–Crippen LogP) is 1.96. The summed E-state index contributed by atoms with van der Waals surface area (Å²) < 4.78 is 11.3. The van der Waals surface area contributed by atoms with Crippen LogP contribution in [-0.2, 0) is 6.54 Å². The summed E-state index contributed by atoms with van der Waals surface area (Å²) in [7, 11) is 0. The Bertz CT molecular complexity index is 449. The van der Waals surface area contributed by atoms with Gasteiger partial charge in [0.05, 0.1) is 0 Å². The van der Waals surface area contributed by atoms with Crippen molar-refractivity contribution in [3.05, 3.63) is 23.8 Å². The van der Waals surface area contributed by atoms with Gasteiger partial charge in [0.1, 0.15) is 13.2 Å². The number of fused-ring (bicyclic) bond motifs is 1. The van der Waals surface area contributed by atoms with Crippen LogP contribution in [0.15, 0.2) is 18.2 Å². The quantitative estimate of drug-likeness (QED) is 0.864. The summed E-state index contributed by atoms with van der Waals surface area (Å²) in [6.45, 7) is 3.34. The second kappa shape index (κ2) is 6.46. The van der Waals surface area contributed by atoms with E-state index < -0.39 is 0 Å². The van der Waals surface area contributed by atoms with Crippen molar-refractivity contribution in [1.29, 1.82) is 0 Å². The molecule has 0 bridgehead atoms. The maximum atomic E-state index is 9.35. The third-order valence-corrected chi connectivity index (χ3v) is 4.42. The molecular formula is C16H23NO3. The largest absolute Gasteiger partial charge is 0.486 e. The number of benzene rings is 1. The van der Waals surface area contributed by atoms with Crippen LogP contribution in [-0.4, -0.2) is 31.5 Å². The highest BCUT2D eigenvalue weighted by atomic mass is 16.6. The molecule has 1 saturated carbocycles. The van der Waals surface area contributed by atoms with E-state index in [4.69, 9.17) is 9.47 Å². The molecule has 2 aliphatic rings. The molecule has 1 aromatic rings. The van der Waals surface area contributed by atoms with Gasteiger partial charge in [0.15, 0.2) is 11.5 Å². The fourth-order valence-corrected chi connectivity index (χ4v) is 3.29. The van der Waals surface area contributed by atoms with Gasteiger partial charge in [-0.2, -0.15) is 0 Å².